The Kier molecular flexibility index (Phi) is 5.98. The molecule has 2 N–H and O–H groups in total. The second-order valence-electron chi connectivity index (χ2n) is 3.60. The minimum absolute atomic E-state index is 1.13. The first kappa shape index (κ1) is 12.8. The highest BCUT2D eigenvalue weighted by Crippen LogP contribution is 2.06. The minimum Gasteiger partial charge on any atom is -0.337 e. The predicted octanol–water partition coefficient (Wildman–Crippen LogP) is 2.90. The van der Waals surface area contributed by atoms with Crippen molar-refractivity contribution in [1.82, 2.24) is 0 Å². The number of nitriles is 1. The van der Waals surface area contributed by atoms with Gasteiger partial charge in [0, 0.05) is 0 Å². The second kappa shape index (κ2) is 7.95. The van der Waals surface area contributed by atoms with Gasteiger partial charge in [-0.2, -0.15) is 5.26 Å². The number of aryl methyl sites for hydroxylation is 2. The molecule has 2 rings (SSSR count). The van der Waals surface area contributed by atoms with Crippen LogP contribution in [-0.4, -0.2) is 0 Å². The van der Waals surface area contributed by atoms with Gasteiger partial charge in [-0.25, -0.2) is 0 Å². The van der Waals surface area contributed by atoms with Crippen LogP contribution >= 0.6 is 0 Å². The lowest BCUT2D eigenvalue weighted by atomic mass is 10.0. The molecule has 86 valence electrons. The van der Waals surface area contributed by atoms with Crippen molar-refractivity contribution in [3.8, 4) is 6.19 Å². The second-order valence-corrected chi connectivity index (χ2v) is 3.60. The summed E-state index contributed by atoms with van der Waals surface area (Å²) in [6.45, 7) is 0. The lowest BCUT2D eigenvalue weighted by molar-refractivity contribution is 0.960. The van der Waals surface area contributed by atoms with Gasteiger partial charge in [-0.3, -0.25) is 0 Å². The van der Waals surface area contributed by atoms with Crippen LogP contribution in [0, 0.1) is 11.5 Å². The van der Waals surface area contributed by atoms with Gasteiger partial charge in [0.25, 0.3) is 0 Å². The van der Waals surface area contributed by atoms with Crippen molar-refractivity contribution in [1.29, 1.82) is 5.26 Å². The number of nitrogens with zero attached hydrogens (tertiary/aromatic N) is 1. The summed E-state index contributed by atoms with van der Waals surface area (Å²) < 4.78 is 0. The highest BCUT2D eigenvalue weighted by atomic mass is 14.5. The van der Waals surface area contributed by atoms with Crippen LogP contribution in [0.4, 0.5) is 0 Å². The van der Waals surface area contributed by atoms with E-state index < -0.39 is 0 Å². The van der Waals surface area contributed by atoms with Gasteiger partial charge in [0.1, 0.15) is 0 Å². The summed E-state index contributed by atoms with van der Waals surface area (Å²) in [4.78, 5) is 0. The highest BCUT2D eigenvalue weighted by Gasteiger charge is 1.93. The van der Waals surface area contributed by atoms with E-state index in [1.807, 2.05) is 0 Å². The third kappa shape index (κ3) is 5.39. The smallest absolute Gasteiger partial charge is 0.173 e. The van der Waals surface area contributed by atoms with Crippen LogP contribution < -0.4 is 5.73 Å². The molecule has 0 aliphatic rings. The Morgan fingerprint density at radius 1 is 0.765 bits per heavy atom. The number of rotatable bonds is 3. The van der Waals surface area contributed by atoms with Crippen molar-refractivity contribution in [2.24, 2.45) is 5.73 Å². The molecule has 0 atom stereocenters. The van der Waals surface area contributed by atoms with Gasteiger partial charge in [0.15, 0.2) is 6.19 Å². The first-order chi connectivity index (χ1) is 8.36. The molecule has 0 aliphatic carbocycles. The van der Waals surface area contributed by atoms with Gasteiger partial charge in [-0.15, -0.1) is 0 Å². The SMILES string of the molecule is N#CN.c1ccc(CCc2ccccc2)cc1. The van der Waals surface area contributed by atoms with Crippen LogP contribution in [0.2, 0.25) is 0 Å². The Labute approximate surface area is 102 Å². The van der Waals surface area contributed by atoms with Crippen LogP contribution in [-0.2, 0) is 12.8 Å². The van der Waals surface area contributed by atoms with E-state index in [0.717, 1.165) is 12.8 Å². The van der Waals surface area contributed by atoms with Crippen molar-refractivity contribution < 1.29 is 0 Å². The van der Waals surface area contributed by atoms with Crippen LogP contribution in [0.3, 0.4) is 0 Å². The van der Waals surface area contributed by atoms with Gasteiger partial charge in [-0.05, 0) is 24.0 Å². The average molecular weight is 224 g/mol. The molecule has 0 radical (unpaired) electrons. The molecule has 2 aromatic rings. The topological polar surface area (TPSA) is 49.8 Å². The summed E-state index contributed by atoms with van der Waals surface area (Å²) >= 11 is 0. The molecule has 0 bridgehead atoms. The Hall–Kier alpha value is -2.27. The van der Waals surface area contributed by atoms with E-state index in [0.29, 0.717) is 0 Å². The third-order valence-electron chi connectivity index (χ3n) is 2.39. The van der Waals surface area contributed by atoms with E-state index >= 15 is 0 Å². The van der Waals surface area contributed by atoms with E-state index in [1.54, 1.807) is 0 Å². The monoisotopic (exact) mass is 224 g/mol. The highest BCUT2D eigenvalue weighted by molar-refractivity contribution is 5.19. The lowest BCUT2D eigenvalue weighted by Gasteiger charge is -2.01. The van der Waals surface area contributed by atoms with Gasteiger partial charge < -0.3 is 5.73 Å². The quantitative estimate of drug-likeness (QED) is 0.643. The van der Waals surface area contributed by atoms with Crippen LogP contribution in [0.25, 0.3) is 0 Å². The largest absolute Gasteiger partial charge is 0.337 e. The Morgan fingerprint density at radius 3 is 1.35 bits per heavy atom. The van der Waals surface area contributed by atoms with Crippen LogP contribution in [0.5, 0.6) is 0 Å². The van der Waals surface area contributed by atoms with Crippen LogP contribution in [0.15, 0.2) is 60.7 Å². The summed E-state index contributed by atoms with van der Waals surface area (Å²) in [5.41, 5.74) is 6.98. The minimum atomic E-state index is 1.13. The molecule has 0 amide bonds. The summed E-state index contributed by atoms with van der Waals surface area (Å²) in [5, 5.41) is 7.10. The fourth-order valence-electron chi connectivity index (χ4n) is 1.58. The molecule has 0 spiro atoms. The zero-order chi connectivity index (χ0) is 12.3. The maximum Gasteiger partial charge on any atom is 0.173 e. The van der Waals surface area contributed by atoms with Crippen molar-refractivity contribution in [3.05, 3.63) is 71.8 Å². The maximum atomic E-state index is 7.10. The molecule has 0 unspecified atom stereocenters. The molecule has 0 heterocycles. The van der Waals surface area contributed by atoms with Crippen molar-refractivity contribution in [2.45, 2.75) is 12.8 Å². The number of nitrogens with two attached hydrogens (primary N) is 1. The van der Waals surface area contributed by atoms with E-state index in [2.05, 4.69) is 66.4 Å². The molecule has 0 fully saturated rings. The normalized spacial score (nSPS) is 8.65. The molecular weight excluding hydrogens is 208 g/mol. The lowest BCUT2D eigenvalue weighted by Crippen LogP contribution is -1.89. The molecule has 0 saturated carbocycles. The van der Waals surface area contributed by atoms with Crippen molar-refractivity contribution >= 4 is 0 Å². The molecule has 0 aliphatic heterocycles. The van der Waals surface area contributed by atoms with E-state index in [-0.39, 0.29) is 0 Å². The van der Waals surface area contributed by atoms with Gasteiger partial charge in [0.2, 0.25) is 0 Å². The Balaban J connectivity index is 0.000000437. The number of hydrogen-bond acceptors (Lipinski definition) is 2. The average Bonchev–Trinajstić information content (AvgIpc) is 2.40. The Morgan fingerprint density at radius 2 is 1.06 bits per heavy atom. The van der Waals surface area contributed by atoms with Crippen molar-refractivity contribution in [3.63, 3.8) is 0 Å². The molecule has 0 saturated heterocycles. The predicted molar refractivity (Wildman–Crippen MR) is 70.1 cm³/mol. The molecule has 2 heteroatoms. The summed E-state index contributed by atoms with van der Waals surface area (Å²) in [5.74, 6) is 0. The number of benzene rings is 2. The van der Waals surface area contributed by atoms with Gasteiger partial charge in [0.05, 0.1) is 0 Å². The van der Waals surface area contributed by atoms with Gasteiger partial charge in [-0.1, -0.05) is 60.7 Å². The van der Waals surface area contributed by atoms with E-state index in [1.165, 1.54) is 17.3 Å². The Bertz CT molecular complexity index is 404. The fourth-order valence-corrected chi connectivity index (χ4v) is 1.58. The molecule has 2 aromatic carbocycles. The third-order valence-corrected chi connectivity index (χ3v) is 2.39. The molecular formula is C15H16N2. The summed E-state index contributed by atoms with van der Waals surface area (Å²) in [6, 6.07) is 21.2. The van der Waals surface area contributed by atoms with Gasteiger partial charge >= 0.3 is 0 Å². The number of hydrogen-bond donors (Lipinski definition) is 1. The molecule has 17 heavy (non-hydrogen) atoms. The molecule has 2 nitrogen and oxygen atoms in total. The van der Waals surface area contributed by atoms with Crippen molar-refractivity contribution in [2.75, 3.05) is 0 Å². The standard InChI is InChI=1S/C14H14.CH2N2/c1-3-7-13(8-4-1)11-12-14-9-5-2-6-10-14;2-1-3/h1-10H,11-12H2;2H2. The summed E-state index contributed by atoms with van der Waals surface area (Å²) in [7, 11) is 0. The first-order valence-electron chi connectivity index (χ1n) is 5.54. The molecule has 0 aromatic heterocycles. The fraction of sp³-hybridized carbons (Fsp3) is 0.133. The first-order valence-corrected chi connectivity index (χ1v) is 5.54. The maximum absolute atomic E-state index is 7.10. The zero-order valence-corrected chi connectivity index (χ0v) is 9.71. The van der Waals surface area contributed by atoms with Crippen LogP contribution in [0.1, 0.15) is 11.1 Å². The van der Waals surface area contributed by atoms with E-state index in [9.17, 15) is 0 Å². The zero-order valence-electron chi connectivity index (χ0n) is 9.71. The van der Waals surface area contributed by atoms with E-state index in [4.69, 9.17) is 5.26 Å². The summed E-state index contributed by atoms with van der Waals surface area (Å²) in [6.07, 6.45) is 3.51.